The number of sulfonamides is 1. The average Bonchev–Trinajstić information content (AvgIpc) is 2.69. The summed E-state index contributed by atoms with van der Waals surface area (Å²) in [5, 5.41) is 8.94. The van der Waals surface area contributed by atoms with E-state index in [2.05, 4.69) is 20.7 Å². The minimum atomic E-state index is -3.68. The second kappa shape index (κ2) is 5.92. The van der Waals surface area contributed by atoms with Crippen LogP contribution < -0.4 is 4.72 Å². The Morgan fingerprint density at radius 1 is 1.47 bits per heavy atom. The van der Waals surface area contributed by atoms with Crippen LogP contribution in [0.25, 0.3) is 0 Å². The SMILES string of the molecule is CN(C)C(C)(C)CNS(=O)(=O)c1cc(CO)oc1Br. The third-order valence-electron chi connectivity index (χ3n) is 3.06. The highest BCUT2D eigenvalue weighted by atomic mass is 79.9. The van der Waals surface area contributed by atoms with E-state index in [0.29, 0.717) is 0 Å². The van der Waals surface area contributed by atoms with Gasteiger partial charge in [0.15, 0.2) is 4.67 Å². The maximum absolute atomic E-state index is 12.2. The lowest BCUT2D eigenvalue weighted by atomic mass is 10.1. The van der Waals surface area contributed by atoms with E-state index in [4.69, 9.17) is 9.52 Å². The molecule has 1 aromatic heterocycles. The molecule has 0 unspecified atom stereocenters. The Morgan fingerprint density at radius 3 is 2.47 bits per heavy atom. The molecule has 6 nitrogen and oxygen atoms in total. The molecule has 8 heteroatoms. The molecule has 0 aromatic carbocycles. The largest absolute Gasteiger partial charge is 0.450 e. The molecule has 0 aliphatic rings. The van der Waals surface area contributed by atoms with E-state index in [1.165, 1.54) is 6.07 Å². The Balaban J connectivity index is 2.90. The topological polar surface area (TPSA) is 82.8 Å². The van der Waals surface area contributed by atoms with E-state index in [9.17, 15) is 8.42 Å². The van der Waals surface area contributed by atoms with Crippen LogP contribution in [-0.2, 0) is 16.6 Å². The Labute approximate surface area is 122 Å². The lowest BCUT2D eigenvalue weighted by Gasteiger charge is -2.32. The number of aliphatic hydroxyl groups excluding tert-OH is 1. The molecule has 2 N–H and O–H groups in total. The molecule has 1 heterocycles. The van der Waals surface area contributed by atoms with E-state index in [1.54, 1.807) is 0 Å². The number of halogens is 1. The van der Waals surface area contributed by atoms with Gasteiger partial charge in [-0.3, -0.25) is 0 Å². The predicted molar refractivity (Wildman–Crippen MR) is 75.3 cm³/mol. The molecule has 0 atom stereocenters. The number of nitrogens with one attached hydrogen (secondary N) is 1. The summed E-state index contributed by atoms with van der Waals surface area (Å²) in [7, 11) is 0.0864. The third-order valence-corrected chi connectivity index (χ3v) is 5.32. The Kier molecular flexibility index (Phi) is 5.19. The summed E-state index contributed by atoms with van der Waals surface area (Å²) in [5.74, 6) is 0.194. The maximum atomic E-state index is 12.2. The molecule has 0 radical (unpaired) electrons. The van der Waals surface area contributed by atoms with Crippen LogP contribution in [0.15, 0.2) is 20.0 Å². The first-order valence-electron chi connectivity index (χ1n) is 5.66. The van der Waals surface area contributed by atoms with E-state index < -0.39 is 10.0 Å². The number of rotatable bonds is 6. The van der Waals surface area contributed by atoms with Crippen LogP contribution in [0.4, 0.5) is 0 Å². The van der Waals surface area contributed by atoms with Crippen LogP contribution in [0.5, 0.6) is 0 Å². The van der Waals surface area contributed by atoms with Crippen molar-refractivity contribution in [1.29, 1.82) is 0 Å². The van der Waals surface area contributed by atoms with E-state index in [-0.39, 0.29) is 34.0 Å². The molecule has 0 bridgehead atoms. The first kappa shape index (κ1) is 16.6. The van der Waals surface area contributed by atoms with Crippen molar-refractivity contribution in [3.05, 3.63) is 16.5 Å². The van der Waals surface area contributed by atoms with E-state index in [0.717, 1.165) is 0 Å². The average molecular weight is 355 g/mol. The monoisotopic (exact) mass is 354 g/mol. The minimum Gasteiger partial charge on any atom is -0.450 e. The fraction of sp³-hybridized carbons (Fsp3) is 0.636. The number of aliphatic hydroxyl groups is 1. The summed E-state index contributed by atoms with van der Waals surface area (Å²) in [6.07, 6.45) is 0. The lowest BCUT2D eigenvalue weighted by Crippen LogP contribution is -2.48. The molecule has 0 aliphatic heterocycles. The quantitative estimate of drug-likeness (QED) is 0.800. The summed E-state index contributed by atoms with van der Waals surface area (Å²) in [5.41, 5.74) is -0.316. The Morgan fingerprint density at radius 2 is 2.05 bits per heavy atom. The van der Waals surface area contributed by atoms with E-state index in [1.807, 2.05) is 32.8 Å². The molecule has 19 heavy (non-hydrogen) atoms. The van der Waals surface area contributed by atoms with Crippen LogP contribution in [0.2, 0.25) is 0 Å². The van der Waals surface area contributed by atoms with Crippen LogP contribution in [-0.4, -0.2) is 44.6 Å². The molecule has 0 saturated carbocycles. The summed E-state index contributed by atoms with van der Waals surface area (Å²) in [6, 6.07) is 1.30. The van der Waals surface area contributed by atoms with Gasteiger partial charge in [-0.05, 0) is 43.9 Å². The van der Waals surface area contributed by atoms with Gasteiger partial charge in [-0.1, -0.05) is 0 Å². The number of nitrogens with zero attached hydrogens (tertiary/aromatic N) is 1. The molecule has 0 aliphatic carbocycles. The first-order chi connectivity index (χ1) is 8.60. The molecule has 0 spiro atoms. The Bertz CT molecular complexity index is 537. The molecule has 0 fully saturated rings. The van der Waals surface area contributed by atoms with Crippen LogP contribution in [0, 0.1) is 0 Å². The molecule has 0 saturated heterocycles. The van der Waals surface area contributed by atoms with Crippen LogP contribution in [0.3, 0.4) is 0 Å². The fourth-order valence-corrected chi connectivity index (χ4v) is 3.37. The number of hydrogen-bond donors (Lipinski definition) is 2. The van der Waals surface area contributed by atoms with Crippen molar-refractivity contribution in [3.63, 3.8) is 0 Å². The Hall–Kier alpha value is -0.410. The van der Waals surface area contributed by atoms with Crippen molar-refractivity contribution in [2.75, 3.05) is 20.6 Å². The highest BCUT2D eigenvalue weighted by Crippen LogP contribution is 2.26. The summed E-state index contributed by atoms with van der Waals surface area (Å²) < 4.78 is 32.0. The normalized spacial score (nSPS) is 13.2. The van der Waals surface area contributed by atoms with Gasteiger partial charge >= 0.3 is 0 Å². The van der Waals surface area contributed by atoms with Gasteiger partial charge in [0.05, 0.1) is 0 Å². The molecular formula is C11H19BrN2O4S. The number of likely N-dealkylation sites (N-methyl/N-ethyl adjacent to an activating group) is 1. The van der Waals surface area contributed by atoms with Crippen molar-refractivity contribution >= 4 is 26.0 Å². The zero-order valence-electron chi connectivity index (χ0n) is 11.4. The standard InChI is InChI=1S/C11H19BrN2O4S/c1-11(2,14(3)4)7-13-19(16,17)9-5-8(6-15)18-10(9)12/h5,13,15H,6-7H2,1-4H3. The van der Waals surface area contributed by atoms with Gasteiger partial charge in [0.25, 0.3) is 0 Å². The lowest BCUT2D eigenvalue weighted by molar-refractivity contribution is 0.199. The highest BCUT2D eigenvalue weighted by Gasteiger charge is 2.27. The second-order valence-corrected chi connectivity index (χ2v) is 7.50. The summed E-state index contributed by atoms with van der Waals surface area (Å²) >= 11 is 3.04. The molecular weight excluding hydrogens is 336 g/mol. The highest BCUT2D eigenvalue weighted by molar-refractivity contribution is 9.10. The number of furan rings is 1. The van der Waals surface area contributed by atoms with Crippen LogP contribution in [0.1, 0.15) is 19.6 Å². The van der Waals surface area contributed by atoms with Crippen molar-refractivity contribution in [3.8, 4) is 0 Å². The second-order valence-electron chi connectivity index (χ2n) is 5.04. The summed E-state index contributed by atoms with van der Waals surface area (Å²) in [4.78, 5) is 1.92. The fourth-order valence-electron chi connectivity index (χ4n) is 1.17. The first-order valence-corrected chi connectivity index (χ1v) is 7.94. The van der Waals surface area contributed by atoms with Gasteiger partial charge < -0.3 is 14.4 Å². The van der Waals surface area contributed by atoms with Crippen LogP contribution >= 0.6 is 15.9 Å². The van der Waals surface area contributed by atoms with Gasteiger partial charge in [-0.25, -0.2) is 13.1 Å². The van der Waals surface area contributed by atoms with Crippen molar-refractivity contribution in [1.82, 2.24) is 9.62 Å². The van der Waals surface area contributed by atoms with Gasteiger partial charge in [0, 0.05) is 18.2 Å². The van der Waals surface area contributed by atoms with Crippen molar-refractivity contribution in [2.45, 2.75) is 30.9 Å². The molecule has 1 rings (SSSR count). The van der Waals surface area contributed by atoms with Crippen molar-refractivity contribution in [2.24, 2.45) is 0 Å². The molecule has 110 valence electrons. The molecule has 1 aromatic rings. The van der Waals surface area contributed by atoms with Gasteiger partial charge in [0.1, 0.15) is 17.3 Å². The van der Waals surface area contributed by atoms with E-state index >= 15 is 0 Å². The smallest absolute Gasteiger partial charge is 0.245 e. The third kappa shape index (κ3) is 4.03. The predicted octanol–water partition coefficient (Wildman–Crippen LogP) is 1.15. The number of hydrogen-bond acceptors (Lipinski definition) is 5. The zero-order valence-corrected chi connectivity index (χ0v) is 13.8. The molecule has 0 amide bonds. The van der Waals surface area contributed by atoms with Gasteiger partial charge in [0.2, 0.25) is 10.0 Å². The van der Waals surface area contributed by atoms with Crippen molar-refractivity contribution < 1.29 is 17.9 Å². The summed E-state index contributed by atoms with van der Waals surface area (Å²) in [6.45, 7) is 3.77. The minimum absolute atomic E-state index is 0.00824. The van der Waals surface area contributed by atoms with Gasteiger partial charge in [-0.2, -0.15) is 0 Å². The van der Waals surface area contributed by atoms with Gasteiger partial charge in [-0.15, -0.1) is 0 Å². The zero-order chi connectivity index (χ0) is 14.8. The maximum Gasteiger partial charge on any atom is 0.245 e.